The van der Waals surface area contributed by atoms with E-state index in [0.29, 0.717) is 11.4 Å². The molecule has 2 aromatic rings. The van der Waals surface area contributed by atoms with Gasteiger partial charge < -0.3 is 9.47 Å². The van der Waals surface area contributed by atoms with Crippen LogP contribution in [0.5, 0.6) is 0 Å². The number of benzene rings is 1. The van der Waals surface area contributed by atoms with Crippen molar-refractivity contribution in [2.45, 2.75) is 17.9 Å². The second-order valence-electron chi connectivity index (χ2n) is 7.07. The molecule has 0 amide bonds. The minimum atomic E-state index is -3.53. The normalized spacial score (nSPS) is 18.1. The number of sulfonamides is 1. The lowest BCUT2D eigenvalue weighted by Crippen LogP contribution is -2.48. The topological polar surface area (TPSA) is 57.6 Å². The second-order valence-corrected chi connectivity index (χ2v) is 8.83. The fourth-order valence-electron chi connectivity index (χ4n) is 3.43. The SMILES string of the molecule is Cc1cccc(S(=O)(=O)NCC(c2cccn2C)N2CCN(C)CC2)c1. The summed E-state index contributed by atoms with van der Waals surface area (Å²) < 4.78 is 30.4. The number of hydrogen-bond donors (Lipinski definition) is 1. The van der Waals surface area contributed by atoms with E-state index in [-0.39, 0.29) is 6.04 Å². The van der Waals surface area contributed by atoms with Crippen LogP contribution in [0.3, 0.4) is 0 Å². The highest BCUT2D eigenvalue weighted by molar-refractivity contribution is 7.89. The molecule has 1 aromatic carbocycles. The Morgan fingerprint density at radius 2 is 1.81 bits per heavy atom. The molecule has 1 aliphatic heterocycles. The first-order chi connectivity index (χ1) is 12.4. The highest BCUT2D eigenvalue weighted by Crippen LogP contribution is 2.22. The van der Waals surface area contributed by atoms with E-state index in [2.05, 4.69) is 32.2 Å². The number of aromatic nitrogens is 1. The molecule has 0 spiro atoms. The first-order valence-electron chi connectivity index (χ1n) is 8.97. The lowest BCUT2D eigenvalue weighted by atomic mass is 10.1. The van der Waals surface area contributed by atoms with Crippen LogP contribution < -0.4 is 4.72 Å². The molecule has 142 valence electrons. The molecule has 1 saturated heterocycles. The van der Waals surface area contributed by atoms with Crippen LogP contribution in [-0.4, -0.2) is 62.6 Å². The van der Waals surface area contributed by atoms with Crippen LogP contribution in [0.1, 0.15) is 17.3 Å². The molecule has 0 radical (unpaired) electrons. The molecule has 1 atom stereocenters. The Labute approximate surface area is 156 Å². The molecule has 3 rings (SSSR count). The fraction of sp³-hybridized carbons (Fsp3) is 0.474. The fourth-order valence-corrected chi connectivity index (χ4v) is 4.57. The summed E-state index contributed by atoms with van der Waals surface area (Å²) in [6.45, 7) is 6.10. The number of piperazine rings is 1. The van der Waals surface area contributed by atoms with Gasteiger partial charge >= 0.3 is 0 Å². The maximum absolute atomic E-state index is 12.7. The van der Waals surface area contributed by atoms with E-state index in [4.69, 9.17) is 0 Å². The van der Waals surface area contributed by atoms with Gasteiger partial charge in [-0.15, -0.1) is 0 Å². The summed E-state index contributed by atoms with van der Waals surface area (Å²) in [5.41, 5.74) is 2.06. The third kappa shape index (κ3) is 4.35. The molecule has 2 heterocycles. The Kier molecular flexibility index (Phi) is 5.82. The zero-order valence-corrected chi connectivity index (χ0v) is 16.5. The van der Waals surface area contributed by atoms with Crippen molar-refractivity contribution in [2.24, 2.45) is 7.05 Å². The summed E-state index contributed by atoms with van der Waals surface area (Å²) in [4.78, 5) is 4.99. The highest BCUT2D eigenvalue weighted by Gasteiger charge is 2.27. The van der Waals surface area contributed by atoms with Crippen LogP contribution in [0.4, 0.5) is 0 Å². The lowest BCUT2D eigenvalue weighted by molar-refractivity contribution is 0.109. The van der Waals surface area contributed by atoms with Crippen LogP contribution in [-0.2, 0) is 17.1 Å². The third-order valence-corrected chi connectivity index (χ3v) is 6.49. The molecule has 0 bridgehead atoms. The van der Waals surface area contributed by atoms with E-state index >= 15 is 0 Å². The van der Waals surface area contributed by atoms with E-state index < -0.39 is 10.0 Å². The second kappa shape index (κ2) is 7.92. The van der Waals surface area contributed by atoms with Crippen LogP contribution in [0.15, 0.2) is 47.5 Å². The lowest BCUT2D eigenvalue weighted by Gasteiger charge is -2.38. The average Bonchev–Trinajstić information content (AvgIpc) is 3.02. The predicted octanol–water partition coefficient (Wildman–Crippen LogP) is 1.60. The van der Waals surface area contributed by atoms with E-state index in [9.17, 15) is 8.42 Å². The molecule has 6 nitrogen and oxygen atoms in total. The number of rotatable bonds is 6. The van der Waals surface area contributed by atoms with E-state index in [1.54, 1.807) is 18.2 Å². The molecule has 0 saturated carbocycles. The molecule has 1 aliphatic rings. The minimum Gasteiger partial charge on any atom is -0.353 e. The quantitative estimate of drug-likeness (QED) is 0.832. The Hall–Kier alpha value is -1.67. The van der Waals surface area contributed by atoms with Gasteiger partial charge in [0.1, 0.15) is 0 Å². The molecule has 26 heavy (non-hydrogen) atoms. The van der Waals surface area contributed by atoms with E-state index in [0.717, 1.165) is 37.4 Å². The molecular weight excluding hydrogens is 348 g/mol. The van der Waals surface area contributed by atoms with Crippen molar-refractivity contribution in [1.82, 2.24) is 19.1 Å². The molecule has 7 heteroatoms. The Balaban J connectivity index is 1.79. The van der Waals surface area contributed by atoms with Gasteiger partial charge in [-0.3, -0.25) is 4.90 Å². The average molecular weight is 377 g/mol. The van der Waals surface area contributed by atoms with Gasteiger partial charge in [0.25, 0.3) is 0 Å². The van der Waals surface area contributed by atoms with Gasteiger partial charge in [0.15, 0.2) is 0 Å². The third-order valence-electron chi connectivity index (χ3n) is 5.07. The van der Waals surface area contributed by atoms with Gasteiger partial charge in [0, 0.05) is 51.7 Å². The van der Waals surface area contributed by atoms with Crippen LogP contribution in [0, 0.1) is 6.92 Å². The number of nitrogens with zero attached hydrogens (tertiary/aromatic N) is 3. The maximum atomic E-state index is 12.7. The van der Waals surface area contributed by atoms with E-state index in [1.807, 2.05) is 32.3 Å². The summed E-state index contributed by atoms with van der Waals surface area (Å²) in [6.07, 6.45) is 2.01. The summed E-state index contributed by atoms with van der Waals surface area (Å²) in [6, 6.07) is 11.1. The Morgan fingerprint density at radius 3 is 2.42 bits per heavy atom. The first-order valence-corrected chi connectivity index (χ1v) is 10.5. The molecule has 1 N–H and O–H groups in total. The number of nitrogens with one attached hydrogen (secondary N) is 1. The smallest absolute Gasteiger partial charge is 0.240 e. The maximum Gasteiger partial charge on any atom is 0.240 e. The van der Waals surface area contributed by atoms with Gasteiger partial charge in [-0.05, 0) is 43.8 Å². The molecule has 1 fully saturated rings. The summed E-state index contributed by atoms with van der Waals surface area (Å²) in [7, 11) is 0.600. The van der Waals surface area contributed by atoms with Gasteiger partial charge in [-0.2, -0.15) is 0 Å². The standard InChI is InChI=1S/C19H28N4O2S/c1-16-6-4-7-17(14-16)26(24,25)20-15-19(18-8-5-9-22(18)3)23-12-10-21(2)11-13-23/h4-9,14,19-20H,10-13,15H2,1-3H3. The largest absolute Gasteiger partial charge is 0.353 e. The van der Waals surface area contributed by atoms with E-state index in [1.165, 1.54) is 0 Å². The monoisotopic (exact) mass is 376 g/mol. The molecular formula is C19H28N4O2S. The summed E-state index contributed by atoms with van der Waals surface area (Å²) >= 11 is 0. The Bertz CT molecular complexity index is 839. The number of likely N-dealkylation sites (N-methyl/N-ethyl adjacent to an activating group) is 1. The number of hydrogen-bond acceptors (Lipinski definition) is 4. The summed E-state index contributed by atoms with van der Waals surface area (Å²) in [5.74, 6) is 0. The van der Waals surface area contributed by atoms with Crippen molar-refractivity contribution >= 4 is 10.0 Å². The van der Waals surface area contributed by atoms with Gasteiger partial charge in [-0.25, -0.2) is 13.1 Å². The van der Waals surface area contributed by atoms with Crippen molar-refractivity contribution in [3.63, 3.8) is 0 Å². The van der Waals surface area contributed by atoms with Crippen molar-refractivity contribution in [3.8, 4) is 0 Å². The van der Waals surface area contributed by atoms with Crippen molar-refractivity contribution in [1.29, 1.82) is 0 Å². The van der Waals surface area contributed by atoms with Crippen LogP contribution in [0.25, 0.3) is 0 Å². The predicted molar refractivity (Wildman–Crippen MR) is 104 cm³/mol. The van der Waals surface area contributed by atoms with Gasteiger partial charge in [0.05, 0.1) is 10.9 Å². The van der Waals surface area contributed by atoms with Gasteiger partial charge in [-0.1, -0.05) is 12.1 Å². The minimum absolute atomic E-state index is 0.0169. The van der Waals surface area contributed by atoms with Gasteiger partial charge in [0.2, 0.25) is 10.0 Å². The molecule has 0 aliphatic carbocycles. The van der Waals surface area contributed by atoms with Crippen molar-refractivity contribution in [3.05, 3.63) is 53.9 Å². The van der Waals surface area contributed by atoms with Crippen molar-refractivity contribution in [2.75, 3.05) is 39.8 Å². The van der Waals surface area contributed by atoms with Crippen LogP contribution >= 0.6 is 0 Å². The highest BCUT2D eigenvalue weighted by atomic mass is 32.2. The first kappa shape index (κ1) is 19.1. The van der Waals surface area contributed by atoms with Crippen molar-refractivity contribution < 1.29 is 8.42 Å². The number of aryl methyl sites for hydroxylation is 2. The summed E-state index contributed by atoms with van der Waals surface area (Å²) in [5, 5.41) is 0. The molecule has 1 aromatic heterocycles. The zero-order valence-electron chi connectivity index (χ0n) is 15.7. The Morgan fingerprint density at radius 1 is 1.08 bits per heavy atom. The van der Waals surface area contributed by atoms with Crippen LogP contribution in [0.2, 0.25) is 0 Å². The zero-order chi connectivity index (χ0) is 18.7. The molecule has 1 unspecified atom stereocenters.